The normalized spacial score (nSPS) is 11.1. The zero-order chi connectivity index (χ0) is 23.2. The zero-order valence-electron chi connectivity index (χ0n) is 18.9. The number of benzene rings is 3. The molecule has 0 atom stereocenters. The van der Waals surface area contributed by atoms with Gasteiger partial charge in [-0.15, -0.1) is 35.7 Å². The molecule has 0 saturated carbocycles. The molecule has 3 aromatic heterocycles. The quantitative estimate of drug-likeness (QED) is 0.206. The fourth-order valence-corrected chi connectivity index (χ4v) is 4.30. The number of para-hydroxylation sites is 1. The van der Waals surface area contributed by atoms with E-state index in [4.69, 9.17) is 4.74 Å². The van der Waals surface area contributed by atoms with E-state index in [0.717, 1.165) is 38.9 Å². The number of ether oxygens (including phenoxy) is 1. The number of nitrogens with zero attached hydrogens (tertiary/aromatic N) is 4. The van der Waals surface area contributed by atoms with Crippen LogP contribution in [-0.4, -0.2) is 19.3 Å². The fraction of sp³-hybridized carbons (Fsp3) is 0.0714. The molecule has 5 nitrogen and oxygen atoms in total. The largest absolute Gasteiger partial charge is 4.00 e. The van der Waals surface area contributed by atoms with Gasteiger partial charge in [-0.2, -0.15) is 17.2 Å². The number of fused-ring (bicyclic) bond motifs is 3. The molecule has 0 saturated heterocycles. The Bertz CT molecular complexity index is 1690. The maximum atomic E-state index is 14.0. The molecule has 0 unspecified atom stereocenters. The van der Waals surface area contributed by atoms with Crippen molar-refractivity contribution in [2.24, 2.45) is 0 Å². The van der Waals surface area contributed by atoms with Crippen LogP contribution in [0.25, 0.3) is 33.3 Å². The molecule has 0 radical (unpaired) electrons. The first kappa shape index (κ1) is 23.0. The van der Waals surface area contributed by atoms with E-state index in [1.807, 2.05) is 83.8 Å². The van der Waals surface area contributed by atoms with Gasteiger partial charge in [0, 0.05) is 35.0 Å². The molecule has 3 heterocycles. The molecule has 0 fully saturated rings. The Kier molecular flexibility index (Phi) is 5.99. The van der Waals surface area contributed by atoms with Crippen LogP contribution in [0.2, 0.25) is 0 Å². The van der Waals surface area contributed by atoms with Gasteiger partial charge >= 0.3 is 21.1 Å². The summed E-state index contributed by atoms with van der Waals surface area (Å²) in [5, 5.41) is 6.54. The van der Waals surface area contributed by atoms with Gasteiger partial charge in [0.05, 0.1) is 5.69 Å². The standard InChI is InChI=1S/C28H19FN4O.Pt/c1-18-14-19(2)33(31-18)21-6-5-7-22(16-21)34-23-10-11-25-24-8-3-4-9-26(24)32(27(25)17-23)28-15-20(29)12-13-30-28;/h3-15H,1-2H3;/q-2;+4. The summed E-state index contributed by atoms with van der Waals surface area (Å²) >= 11 is 0. The Hall–Kier alpha value is -3.76. The molecular weight excluding hydrogens is 622 g/mol. The summed E-state index contributed by atoms with van der Waals surface area (Å²) in [7, 11) is 0. The summed E-state index contributed by atoms with van der Waals surface area (Å²) < 4.78 is 23.9. The number of aryl methyl sites for hydroxylation is 2. The first-order chi connectivity index (χ1) is 16.6. The number of hydrogen-bond acceptors (Lipinski definition) is 3. The molecule has 3 aromatic carbocycles. The van der Waals surface area contributed by atoms with Crippen LogP contribution in [0.4, 0.5) is 4.39 Å². The van der Waals surface area contributed by atoms with Gasteiger partial charge in [0.25, 0.3) is 0 Å². The van der Waals surface area contributed by atoms with E-state index in [-0.39, 0.29) is 26.9 Å². The van der Waals surface area contributed by atoms with Crippen molar-refractivity contribution in [1.29, 1.82) is 0 Å². The molecule has 0 aliphatic carbocycles. The number of hydrogen-bond donors (Lipinski definition) is 0. The van der Waals surface area contributed by atoms with E-state index in [0.29, 0.717) is 17.3 Å². The Labute approximate surface area is 216 Å². The van der Waals surface area contributed by atoms with E-state index in [1.54, 1.807) is 0 Å². The first-order valence-corrected chi connectivity index (χ1v) is 10.9. The third-order valence-electron chi connectivity index (χ3n) is 5.70. The van der Waals surface area contributed by atoms with Gasteiger partial charge in [-0.1, -0.05) is 23.7 Å². The SMILES string of the molecule is Cc1cc(C)n(-c2[c-]c(Oc3[c-]c4c(cc3)c3ccccc3n4-c3cc(F)ccn3)ccc2)n1.[Pt+4]. The van der Waals surface area contributed by atoms with Crippen LogP contribution in [0.3, 0.4) is 0 Å². The Balaban J connectivity index is 0.00000253. The summed E-state index contributed by atoms with van der Waals surface area (Å²) in [5.41, 5.74) is 4.43. The minimum Gasteiger partial charge on any atom is -0.509 e. The molecule has 172 valence electrons. The molecule has 7 heteroatoms. The second kappa shape index (κ2) is 9.12. The average molecular weight is 642 g/mol. The second-order valence-corrected chi connectivity index (χ2v) is 8.11. The molecule has 0 N–H and O–H groups in total. The van der Waals surface area contributed by atoms with Gasteiger partial charge in [0.15, 0.2) is 0 Å². The Morgan fingerprint density at radius 1 is 0.857 bits per heavy atom. The molecule has 6 aromatic rings. The van der Waals surface area contributed by atoms with E-state index in [2.05, 4.69) is 22.2 Å². The topological polar surface area (TPSA) is 44.9 Å². The van der Waals surface area contributed by atoms with Crippen molar-refractivity contribution in [1.82, 2.24) is 19.3 Å². The van der Waals surface area contributed by atoms with Crippen LogP contribution >= 0.6 is 0 Å². The van der Waals surface area contributed by atoms with Gasteiger partial charge in [-0.3, -0.25) is 4.68 Å². The number of aromatic nitrogens is 4. The summed E-state index contributed by atoms with van der Waals surface area (Å²) in [6.45, 7) is 3.96. The van der Waals surface area contributed by atoms with Gasteiger partial charge in [0.1, 0.15) is 11.6 Å². The third kappa shape index (κ3) is 4.15. The molecular formula is C28H19FN4OPt+2. The van der Waals surface area contributed by atoms with Crippen molar-refractivity contribution in [2.45, 2.75) is 13.8 Å². The van der Waals surface area contributed by atoms with E-state index in [9.17, 15) is 4.39 Å². The van der Waals surface area contributed by atoms with Gasteiger partial charge < -0.3 is 9.30 Å². The average Bonchev–Trinajstić information content (AvgIpc) is 3.35. The van der Waals surface area contributed by atoms with Crippen LogP contribution in [0, 0.1) is 31.8 Å². The van der Waals surface area contributed by atoms with Crippen LogP contribution in [0.1, 0.15) is 11.4 Å². The van der Waals surface area contributed by atoms with Crippen molar-refractivity contribution >= 4 is 21.8 Å². The van der Waals surface area contributed by atoms with Crippen molar-refractivity contribution in [3.8, 4) is 23.0 Å². The monoisotopic (exact) mass is 641 g/mol. The Morgan fingerprint density at radius 3 is 2.49 bits per heavy atom. The molecule has 0 amide bonds. The minimum absolute atomic E-state index is 0. The number of rotatable bonds is 4. The molecule has 0 aliphatic rings. The molecule has 6 rings (SSSR count). The summed E-state index contributed by atoms with van der Waals surface area (Å²) in [6, 6.07) is 28.9. The van der Waals surface area contributed by atoms with Crippen molar-refractivity contribution < 1.29 is 30.2 Å². The van der Waals surface area contributed by atoms with E-state index < -0.39 is 0 Å². The van der Waals surface area contributed by atoms with E-state index in [1.165, 1.54) is 18.3 Å². The zero-order valence-corrected chi connectivity index (χ0v) is 21.2. The van der Waals surface area contributed by atoms with Crippen molar-refractivity contribution in [3.63, 3.8) is 0 Å². The van der Waals surface area contributed by atoms with Crippen LogP contribution in [-0.2, 0) is 21.1 Å². The molecule has 0 aliphatic heterocycles. The smallest absolute Gasteiger partial charge is 0.509 e. The number of pyridine rings is 1. The Morgan fingerprint density at radius 2 is 1.69 bits per heavy atom. The van der Waals surface area contributed by atoms with Crippen molar-refractivity contribution in [3.05, 3.63) is 108 Å². The van der Waals surface area contributed by atoms with Crippen molar-refractivity contribution in [2.75, 3.05) is 0 Å². The van der Waals surface area contributed by atoms with Gasteiger partial charge in [0.2, 0.25) is 0 Å². The fourth-order valence-electron chi connectivity index (χ4n) is 4.30. The predicted octanol–water partition coefficient (Wildman–Crippen LogP) is 6.51. The predicted molar refractivity (Wildman–Crippen MR) is 129 cm³/mol. The second-order valence-electron chi connectivity index (χ2n) is 8.11. The first-order valence-electron chi connectivity index (χ1n) is 10.9. The van der Waals surface area contributed by atoms with E-state index >= 15 is 0 Å². The summed E-state index contributed by atoms with van der Waals surface area (Å²) in [6.07, 6.45) is 1.46. The van der Waals surface area contributed by atoms with Gasteiger partial charge in [-0.05, 0) is 43.1 Å². The summed E-state index contributed by atoms with van der Waals surface area (Å²) in [4.78, 5) is 4.40. The van der Waals surface area contributed by atoms with Crippen LogP contribution < -0.4 is 4.74 Å². The van der Waals surface area contributed by atoms with Crippen LogP contribution in [0.5, 0.6) is 11.5 Å². The van der Waals surface area contributed by atoms with Gasteiger partial charge in [-0.25, -0.2) is 9.37 Å². The third-order valence-corrected chi connectivity index (χ3v) is 5.70. The summed E-state index contributed by atoms with van der Waals surface area (Å²) in [5.74, 6) is 1.21. The van der Waals surface area contributed by atoms with Crippen LogP contribution in [0.15, 0.2) is 79.0 Å². The molecule has 35 heavy (non-hydrogen) atoms. The minimum atomic E-state index is -0.348. The number of halogens is 1. The molecule has 0 spiro atoms. The maximum Gasteiger partial charge on any atom is 4.00 e. The maximum absolute atomic E-state index is 14.0. The molecule has 0 bridgehead atoms.